The fourth-order valence-corrected chi connectivity index (χ4v) is 32.7. The van der Waals surface area contributed by atoms with Crippen LogP contribution < -0.4 is 14.7 Å². The summed E-state index contributed by atoms with van der Waals surface area (Å²) >= 11 is 0. The molecule has 12 saturated heterocycles. The monoisotopic (exact) mass is 1720 g/mol. The van der Waals surface area contributed by atoms with E-state index < -0.39 is 169 Å². The van der Waals surface area contributed by atoms with Gasteiger partial charge in [-0.15, -0.1) is 123 Å². The molecule has 696 valence electrons. The number of anilines is 3. The standard InChI is InChI=1S/C93H162N18O12/c1-70(2)37-61(43-88(106(70)118)49-76(13,14)100(112)77(15,16)50-88)97(62-38-71(3,4)107(119)89(44-62)51-78(17,18)101(113)79(19,20)52-89)67-94-68(98(63-39-72(5,6)108(120)90(45-63)53-80(21,22)102(114)81(23,24)54-90)64-40-73(7,8)109(121)91(46-64)55-82(25,26)103(115)83(27,28)56-91)96-69(95-67)99(65-41-74(9,10)110(122)92(47-65)57-84(29,30)104(116)85(31,32)58-92)66-42-75(11,12)111(123)93(48-66)59-86(33,34)105(117)87(35,36)60-93/h61-66H,37-60H2,1-36H3. The van der Waals surface area contributed by atoms with Crippen molar-refractivity contribution in [2.75, 3.05) is 14.7 Å². The van der Waals surface area contributed by atoms with Gasteiger partial charge in [-0.05, 0) is 403 Å². The van der Waals surface area contributed by atoms with Crippen LogP contribution in [0.4, 0.5) is 17.8 Å². The van der Waals surface area contributed by atoms with Crippen LogP contribution in [0.15, 0.2) is 0 Å². The van der Waals surface area contributed by atoms with E-state index in [9.17, 15) is 31.2 Å². The molecule has 0 amide bonds. The lowest BCUT2D eigenvalue weighted by atomic mass is 9.62. The highest BCUT2D eigenvalue weighted by molar-refractivity contribution is 5.53. The average molecular weight is 1720 g/mol. The SMILES string of the molecule is CC1(C)CC2(CC(N(c3nc(N(C4CC(C)(C)N([O])C5(C4)CC(C)(C)N([O])C(C)(C)C5)C4CC(C)(C)N([O])C5(C4)CC(C)(C)N([O])C(C)(C)C5)nc(N(C4CC(C)(C)N([O])C5(C4)CC(C)(C)N([O])C(C)(C)C5)C4CC(C)(C)N([O])C5(C4)CC(C)(C)N([O])C(C)(C)C5)n3)C3CC(C)(C)N([O])C4(C3)CC(C)(C)N([O])C(C)(C)C4)CC(C)(C)N2[O])CC(C)(C)N1[O]. The predicted molar refractivity (Wildman–Crippen MR) is 461 cm³/mol. The van der Waals surface area contributed by atoms with Crippen molar-refractivity contribution in [2.24, 2.45) is 0 Å². The quantitative estimate of drug-likeness (QED) is 0.222. The van der Waals surface area contributed by atoms with E-state index in [2.05, 4.69) is 14.7 Å². The number of piperidine rings is 12. The molecule has 6 spiro atoms. The van der Waals surface area contributed by atoms with Gasteiger partial charge in [0.25, 0.3) is 0 Å². The summed E-state index contributed by atoms with van der Waals surface area (Å²) < 4.78 is 0. The number of nitrogens with zero attached hydrogens (tertiary/aromatic N) is 18. The maximum Gasteiger partial charge on any atom is 0.232 e. The second-order valence-electron chi connectivity index (χ2n) is 54.5. The molecule has 6 atom stereocenters. The predicted octanol–water partition coefficient (Wildman–Crippen LogP) is 16.2. The van der Waals surface area contributed by atoms with Gasteiger partial charge in [0.15, 0.2) is 0 Å². The molecule has 13 rings (SSSR count). The van der Waals surface area contributed by atoms with E-state index in [1.807, 2.05) is 249 Å². The van der Waals surface area contributed by atoms with Crippen molar-refractivity contribution in [1.82, 2.24) is 75.7 Å². The van der Waals surface area contributed by atoms with Crippen molar-refractivity contribution in [3.8, 4) is 0 Å². The van der Waals surface area contributed by atoms with E-state index in [4.69, 9.17) is 15.0 Å². The number of hydrogen-bond acceptors (Lipinski definition) is 18. The lowest BCUT2D eigenvalue weighted by Crippen LogP contribution is -2.76. The zero-order valence-electron chi connectivity index (χ0n) is 82.9. The average Bonchev–Trinajstić information content (AvgIpc) is 0.707. The molecule has 123 heavy (non-hydrogen) atoms. The first-order valence-corrected chi connectivity index (χ1v) is 46.7. The molecule has 0 saturated carbocycles. The van der Waals surface area contributed by atoms with Gasteiger partial charge in [-0.3, -0.25) is 0 Å². The molecule has 12 aliphatic heterocycles. The lowest BCUT2D eigenvalue weighted by molar-refractivity contribution is -0.363. The highest BCUT2D eigenvalue weighted by atomic mass is 16.5. The Labute approximate surface area is 739 Å². The Kier molecular flexibility index (Phi) is 23.1. The zero-order valence-corrected chi connectivity index (χ0v) is 82.9. The Balaban J connectivity index is 1.19. The van der Waals surface area contributed by atoms with Crippen LogP contribution in [-0.4, -0.2) is 245 Å². The van der Waals surface area contributed by atoms with Crippen molar-refractivity contribution >= 4 is 17.8 Å². The summed E-state index contributed by atoms with van der Waals surface area (Å²) in [7, 11) is 0. The van der Waals surface area contributed by atoms with E-state index in [-0.39, 0.29) is 172 Å². The summed E-state index contributed by atoms with van der Waals surface area (Å²) in [4.78, 5) is 26.1. The highest BCUT2D eigenvalue weighted by Gasteiger charge is 2.72. The van der Waals surface area contributed by atoms with Crippen LogP contribution in [0, 0.1) is 0 Å². The third-order valence-electron chi connectivity index (χ3n) is 33.4. The molecule has 12 fully saturated rings. The number of aromatic nitrogens is 3. The molecule has 0 aliphatic carbocycles. The molecular weight excluding hydrogens is 1560 g/mol. The minimum Gasteiger partial charge on any atom is -0.334 e. The van der Waals surface area contributed by atoms with Crippen molar-refractivity contribution in [1.29, 1.82) is 0 Å². The van der Waals surface area contributed by atoms with E-state index in [1.165, 1.54) is 30.4 Å². The molecule has 12 radical (unpaired) electrons. The fraction of sp³-hybridized carbons (Fsp3) is 0.968. The Morgan fingerprint density at radius 1 is 0.163 bits per heavy atom. The van der Waals surface area contributed by atoms with Crippen LogP contribution in [0.3, 0.4) is 0 Å². The van der Waals surface area contributed by atoms with Crippen LogP contribution in [0.1, 0.15) is 403 Å². The Hall–Kier alpha value is -2.55. The Morgan fingerprint density at radius 2 is 0.260 bits per heavy atom. The molecule has 12 aliphatic rings. The van der Waals surface area contributed by atoms with E-state index in [1.54, 1.807) is 0 Å². The molecule has 30 nitrogen and oxygen atoms in total. The molecule has 0 bridgehead atoms. The molecule has 1 aromatic heterocycles. The molecular formula is C93H162N18O12. The molecule has 0 aromatic carbocycles. The Morgan fingerprint density at radius 3 is 0.358 bits per heavy atom. The first kappa shape index (κ1) is 98.0. The van der Waals surface area contributed by atoms with Gasteiger partial charge < -0.3 is 14.7 Å². The first-order chi connectivity index (χ1) is 54.9. The van der Waals surface area contributed by atoms with Gasteiger partial charge in [0.05, 0.1) is 33.2 Å². The van der Waals surface area contributed by atoms with Crippen LogP contribution in [0.25, 0.3) is 0 Å². The zero-order chi connectivity index (χ0) is 92.9. The van der Waals surface area contributed by atoms with Crippen molar-refractivity contribution in [3.63, 3.8) is 0 Å². The van der Waals surface area contributed by atoms with Gasteiger partial charge in [-0.25, -0.2) is 0 Å². The highest BCUT2D eigenvalue weighted by Crippen LogP contribution is 2.64. The van der Waals surface area contributed by atoms with Crippen molar-refractivity contribution in [2.45, 2.75) is 573 Å². The van der Waals surface area contributed by atoms with Crippen LogP contribution in [0.2, 0.25) is 0 Å². The lowest BCUT2D eigenvalue weighted by Gasteiger charge is -2.65. The topological polar surface area (TPSA) is 326 Å². The fourth-order valence-electron chi connectivity index (χ4n) is 32.7. The van der Waals surface area contributed by atoms with E-state index >= 15 is 31.2 Å². The van der Waals surface area contributed by atoms with Gasteiger partial charge in [-0.1, -0.05) is 0 Å². The van der Waals surface area contributed by atoms with E-state index in [0.29, 0.717) is 0 Å². The summed E-state index contributed by atoms with van der Waals surface area (Å²) in [6.07, 6.45) is 5.03. The van der Waals surface area contributed by atoms with Gasteiger partial charge >= 0.3 is 0 Å². The summed E-state index contributed by atoms with van der Waals surface area (Å²) in [5, 5.41) is 203. The number of rotatable bonds is 9. The van der Waals surface area contributed by atoms with Crippen LogP contribution >= 0.6 is 0 Å². The van der Waals surface area contributed by atoms with Crippen LogP contribution in [-0.2, 0) is 62.5 Å². The number of hydrogen-bond donors (Lipinski definition) is 0. The minimum absolute atomic E-state index is 0.193. The molecule has 30 heteroatoms. The third kappa shape index (κ3) is 15.9. The maximum absolute atomic E-state index is 16.4. The van der Waals surface area contributed by atoms with Gasteiger partial charge in [-0.2, -0.15) is 15.0 Å². The largest absolute Gasteiger partial charge is 0.334 e. The summed E-state index contributed by atoms with van der Waals surface area (Å²) in [5.74, 6) is 0.663. The van der Waals surface area contributed by atoms with Crippen LogP contribution in [0.5, 0.6) is 0 Å². The molecule has 6 unspecified atom stereocenters. The second-order valence-corrected chi connectivity index (χ2v) is 54.5. The maximum atomic E-state index is 16.4. The van der Waals surface area contributed by atoms with Crippen molar-refractivity contribution < 1.29 is 62.5 Å². The summed E-state index contributed by atoms with van der Waals surface area (Å²) in [5.41, 5.74) is -26.8. The van der Waals surface area contributed by atoms with Gasteiger partial charge in [0.1, 0.15) is 0 Å². The Bertz CT molecular complexity index is 3360. The van der Waals surface area contributed by atoms with Gasteiger partial charge in [0, 0.05) is 136 Å². The molecule has 0 N–H and O–H groups in total. The minimum atomic E-state index is -1.21. The van der Waals surface area contributed by atoms with E-state index in [0.717, 1.165) is 30.4 Å². The molecule has 1 aromatic rings. The normalized spacial score (nSPS) is 36.2. The second kappa shape index (κ2) is 29.0. The van der Waals surface area contributed by atoms with Gasteiger partial charge in [0.2, 0.25) is 17.8 Å². The molecule has 13 heterocycles. The smallest absolute Gasteiger partial charge is 0.232 e. The first-order valence-electron chi connectivity index (χ1n) is 46.7. The number of hydroxylamine groups is 24. The summed E-state index contributed by atoms with van der Waals surface area (Å²) in [6, 6.07) is -3.93. The third-order valence-corrected chi connectivity index (χ3v) is 33.4. The summed E-state index contributed by atoms with van der Waals surface area (Å²) in [6.45, 7) is 70.1. The van der Waals surface area contributed by atoms with Crippen molar-refractivity contribution in [3.05, 3.63) is 0 Å².